The molecule has 0 aromatic heterocycles. The molecule has 6 nitrogen and oxygen atoms in total. The summed E-state index contributed by atoms with van der Waals surface area (Å²) in [6, 6.07) is 0. The predicted octanol–water partition coefficient (Wildman–Crippen LogP) is 11.1. The maximum absolute atomic E-state index is 11.9. The molecule has 0 saturated carbocycles. The second kappa shape index (κ2) is 43.3. The van der Waals surface area contributed by atoms with E-state index in [0.29, 0.717) is 12.8 Å². The first-order valence-electron chi connectivity index (χ1n) is 19.4. The molecule has 0 rings (SSSR count). The Hall–Kier alpha value is -1.66. The first-order chi connectivity index (χ1) is 22.6. The van der Waals surface area contributed by atoms with E-state index in [0.717, 1.165) is 25.7 Å². The maximum Gasteiger partial charge on any atom is 0.305 e. The molecule has 46 heavy (non-hydrogen) atoms. The second-order valence-corrected chi connectivity index (χ2v) is 12.6. The van der Waals surface area contributed by atoms with Crippen LogP contribution in [0.15, 0.2) is 24.3 Å². The van der Waals surface area contributed by atoms with Crippen molar-refractivity contribution in [2.24, 2.45) is 0 Å². The number of unbranched alkanes of at least 4 members (excludes halogenated alkanes) is 22. The standard InChI is InChI=1S/C38H70O4.C2H6O2/c1-3-5-7-9-11-13-15-17-19-21-23-25-27-29-31-33-37(39)41-35-36-42-38(40)34-32-30-28-26-24-22-20-18-16-14-12-10-8-6-4-2;3-1-2-4/h17-20H,3-16,21-36H2,1-2H3;3-4H,1-2H2/b19-17+,20-18+;. The number of carbonyl (C=O) groups is 2. The third-order valence-corrected chi connectivity index (χ3v) is 7.99. The highest BCUT2D eigenvalue weighted by Crippen LogP contribution is 2.12. The van der Waals surface area contributed by atoms with Crippen LogP contribution < -0.4 is 0 Å². The van der Waals surface area contributed by atoms with Crippen LogP contribution in [-0.2, 0) is 19.1 Å². The SMILES string of the molecule is CCCCCCCC/C=C/CCCCCCCC(=O)OCCOC(=O)CCCCCCC/C=C/CCCCCCCC.OCCO. The molecular formula is C40H76O6. The lowest BCUT2D eigenvalue weighted by molar-refractivity contribution is -0.152. The summed E-state index contributed by atoms with van der Waals surface area (Å²) in [5.74, 6) is -0.359. The van der Waals surface area contributed by atoms with Crippen LogP contribution in [-0.4, -0.2) is 48.6 Å². The molecule has 0 aliphatic carbocycles. The van der Waals surface area contributed by atoms with Crippen LogP contribution in [0, 0.1) is 0 Å². The zero-order chi connectivity index (χ0) is 34.0. The first kappa shape index (κ1) is 46.5. The Morgan fingerprint density at radius 2 is 0.674 bits per heavy atom. The minimum Gasteiger partial charge on any atom is -0.462 e. The van der Waals surface area contributed by atoms with Crippen molar-refractivity contribution in [2.45, 2.75) is 194 Å². The van der Waals surface area contributed by atoms with Crippen LogP contribution in [0.2, 0.25) is 0 Å². The number of allylic oxidation sites excluding steroid dienone is 4. The molecule has 272 valence electrons. The fraction of sp³-hybridized carbons (Fsp3) is 0.850. The lowest BCUT2D eigenvalue weighted by Crippen LogP contribution is -2.13. The van der Waals surface area contributed by atoms with E-state index in [4.69, 9.17) is 19.7 Å². The van der Waals surface area contributed by atoms with Gasteiger partial charge in [0.25, 0.3) is 0 Å². The predicted molar refractivity (Wildman–Crippen MR) is 195 cm³/mol. The summed E-state index contributed by atoms with van der Waals surface area (Å²) in [6.45, 7) is 4.62. The fourth-order valence-corrected chi connectivity index (χ4v) is 5.14. The minimum atomic E-state index is -0.180. The Kier molecular flexibility index (Phi) is 43.8. The number of carbonyl (C=O) groups excluding carboxylic acids is 2. The smallest absolute Gasteiger partial charge is 0.305 e. The van der Waals surface area contributed by atoms with Gasteiger partial charge in [0.2, 0.25) is 0 Å². The molecule has 0 bridgehead atoms. The zero-order valence-corrected chi connectivity index (χ0v) is 30.5. The highest BCUT2D eigenvalue weighted by Gasteiger charge is 2.05. The Morgan fingerprint density at radius 1 is 0.413 bits per heavy atom. The Morgan fingerprint density at radius 3 is 0.957 bits per heavy atom. The summed E-state index contributed by atoms with van der Waals surface area (Å²) in [6.07, 6.45) is 42.7. The van der Waals surface area contributed by atoms with E-state index >= 15 is 0 Å². The van der Waals surface area contributed by atoms with Crippen molar-refractivity contribution in [1.29, 1.82) is 0 Å². The van der Waals surface area contributed by atoms with Crippen LogP contribution in [0.4, 0.5) is 0 Å². The molecule has 0 atom stereocenters. The molecule has 2 N–H and O–H groups in total. The lowest BCUT2D eigenvalue weighted by Gasteiger charge is -2.07. The normalized spacial score (nSPS) is 11.2. The molecule has 0 aliphatic heterocycles. The summed E-state index contributed by atoms with van der Waals surface area (Å²) in [5.41, 5.74) is 0. The average molecular weight is 653 g/mol. The number of ether oxygens (including phenoxy) is 2. The van der Waals surface area contributed by atoms with Crippen molar-refractivity contribution in [3.63, 3.8) is 0 Å². The van der Waals surface area contributed by atoms with Gasteiger partial charge in [-0.05, 0) is 64.2 Å². The maximum atomic E-state index is 11.9. The number of aliphatic hydroxyl groups excluding tert-OH is 2. The molecule has 0 aromatic rings. The molecule has 0 amide bonds. The van der Waals surface area contributed by atoms with Gasteiger partial charge in [-0.3, -0.25) is 9.59 Å². The Balaban J connectivity index is 0. The molecule has 0 unspecified atom stereocenters. The molecule has 0 heterocycles. The third kappa shape index (κ3) is 44.5. The van der Waals surface area contributed by atoms with Crippen LogP contribution >= 0.6 is 0 Å². The fourth-order valence-electron chi connectivity index (χ4n) is 5.14. The van der Waals surface area contributed by atoms with Crippen LogP contribution in [0.25, 0.3) is 0 Å². The molecule has 0 radical (unpaired) electrons. The zero-order valence-electron chi connectivity index (χ0n) is 30.5. The van der Waals surface area contributed by atoms with Gasteiger partial charge in [0.05, 0.1) is 13.2 Å². The van der Waals surface area contributed by atoms with Gasteiger partial charge in [-0.25, -0.2) is 0 Å². The van der Waals surface area contributed by atoms with Crippen molar-refractivity contribution in [2.75, 3.05) is 26.4 Å². The highest BCUT2D eigenvalue weighted by atomic mass is 16.6. The van der Waals surface area contributed by atoms with E-state index in [1.807, 2.05) is 0 Å². The van der Waals surface area contributed by atoms with Crippen molar-refractivity contribution < 1.29 is 29.3 Å². The van der Waals surface area contributed by atoms with Gasteiger partial charge in [0, 0.05) is 12.8 Å². The van der Waals surface area contributed by atoms with Crippen LogP contribution in [0.3, 0.4) is 0 Å². The number of aliphatic hydroxyl groups is 2. The molecule has 6 heteroatoms. The van der Waals surface area contributed by atoms with Gasteiger partial charge in [-0.15, -0.1) is 0 Å². The number of rotatable bonds is 34. The van der Waals surface area contributed by atoms with Crippen LogP contribution in [0.1, 0.15) is 194 Å². The van der Waals surface area contributed by atoms with E-state index in [9.17, 15) is 9.59 Å². The van der Waals surface area contributed by atoms with Gasteiger partial charge in [-0.1, -0.05) is 141 Å². The van der Waals surface area contributed by atoms with E-state index < -0.39 is 0 Å². The number of esters is 2. The largest absolute Gasteiger partial charge is 0.462 e. The average Bonchev–Trinajstić information content (AvgIpc) is 3.06. The third-order valence-electron chi connectivity index (χ3n) is 7.99. The van der Waals surface area contributed by atoms with Crippen LogP contribution in [0.5, 0.6) is 0 Å². The highest BCUT2D eigenvalue weighted by molar-refractivity contribution is 5.70. The van der Waals surface area contributed by atoms with Gasteiger partial charge in [-0.2, -0.15) is 0 Å². The quantitative estimate of drug-likeness (QED) is 0.0408. The van der Waals surface area contributed by atoms with Crippen molar-refractivity contribution in [3.8, 4) is 0 Å². The monoisotopic (exact) mass is 653 g/mol. The topological polar surface area (TPSA) is 93.1 Å². The molecule has 0 spiro atoms. The summed E-state index contributed by atoms with van der Waals surface area (Å²) in [5, 5.41) is 15.2. The van der Waals surface area contributed by atoms with Gasteiger partial charge in [0.1, 0.15) is 13.2 Å². The summed E-state index contributed by atoms with van der Waals surface area (Å²) >= 11 is 0. The van der Waals surface area contributed by atoms with Crippen molar-refractivity contribution in [1.82, 2.24) is 0 Å². The molecule has 0 saturated heterocycles. The van der Waals surface area contributed by atoms with E-state index in [1.54, 1.807) is 0 Å². The Labute approximate surface area is 285 Å². The lowest BCUT2D eigenvalue weighted by atomic mass is 10.1. The van der Waals surface area contributed by atoms with E-state index in [1.165, 1.54) is 141 Å². The molecule has 0 fully saturated rings. The molecule has 0 aliphatic rings. The summed E-state index contributed by atoms with van der Waals surface area (Å²) in [7, 11) is 0. The van der Waals surface area contributed by atoms with Gasteiger partial charge in [0.15, 0.2) is 0 Å². The minimum absolute atomic E-state index is 0.125. The summed E-state index contributed by atoms with van der Waals surface area (Å²) in [4.78, 5) is 23.7. The van der Waals surface area contributed by atoms with Gasteiger partial charge < -0.3 is 19.7 Å². The van der Waals surface area contributed by atoms with Gasteiger partial charge >= 0.3 is 11.9 Å². The van der Waals surface area contributed by atoms with E-state index in [2.05, 4.69) is 38.2 Å². The van der Waals surface area contributed by atoms with Crippen molar-refractivity contribution >= 4 is 11.9 Å². The molecule has 0 aromatic carbocycles. The summed E-state index contributed by atoms with van der Waals surface area (Å²) < 4.78 is 10.4. The number of hydrogen-bond acceptors (Lipinski definition) is 6. The Bertz CT molecular complexity index is 604. The van der Waals surface area contributed by atoms with E-state index in [-0.39, 0.29) is 38.4 Å². The second-order valence-electron chi connectivity index (χ2n) is 12.6. The first-order valence-corrected chi connectivity index (χ1v) is 19.4. The number of hydrogen-bond donors (Lipinski definition) is 2. The van der Waals surface area contributed by atoms with Crippen molar-refractivity contribution in [3.05, 3.63) is 24.3 Å². The molecular weight excluding hydrogens is 576 g/mol.